The Labute approximate surface area is 150 Å². The Bertz CT molecular complexity index is 835. The third-order valence-electron chi connectivity index (χ3n) is 4.77. The second-order valence-corrected chi connectivity index (χ2v) is 7.24. The van der Waals surface area contributed by atoms with Crippen molar-refractivity contribution in [2.45, 2.75) is 45.8 Å². The van der Waals surface area contributed by atoms with E-state index in [4.69, 9.17) is 0 Å². The van der Waals surface area contributed by atoms with Crippen LogP contribution in [0.4, 0.5) is 5.69 Å². The largest absolute Gasteiger partial charge is 0.369 e. The minimum Gasteiger partial charge on any atom is -0.369 e. The molecule has 25 heavy (non-hydrogen) atoms. The van der Waals surface area contributed by atoms with Crippen molar-refractivity contribution in [1.82, 2.24) is 0 Å². The first-order valence-corrected chi connectivity index (χ1v) is 9.04. The number of fused-ring (bicyclic) bond motifs is 1. The molecular formula is C23H27NO. The first-order chi connectivity index (χ1) is 12.0. The van der Waals surface area contributed by atoms with Gasteiger partial charge in [0, 0.05) is 11.3 Å². The van der Waals surface area contributed by atoms with Gasteiger partial charge in [0.25, 0.3) is 0 Å². The van der Waals surface area contributed by atoms with Gasteiger partial charge in [-0.1, -0.05) is 88.4 Å². The van der Waals surface area contributed by atoms with Crippen molar-refractivity contribution in [2.75, 3.05) is 5.32 Å². The summed E-state index contributed by atoms with van der Waals surface area (Å²) in [6.45, 7) is 8.76. The Kier molecular flexibility index (Phi) is 5.10. The molecule has 3 aromatic rings. The van der Waals surface area contributed by atoms with Crippen LogP contribution in [0.2, 0.25) is 0 Å². The predicted molar refractivity (Wildman–Crippen MR) is 107 cm³/mol. The average Bonchev–Trinajstić information content (AvgIpc) is 2.60. The molecule has 0 bridgehead atoms. The van der Waals surface area contributed by atoms with E-state index in [9.17, 15) is 5.11 Å². The molecule has 2 N–H and O–H groups in total. The standard InChI is InChI=1S/C23H27NO/c1-15(2)18-12-8-13-19(16(3)4)22(18)24-23(25)21-14-7-10-17-9-5-6-11-20(17)21/h5-16,23-25H,1-4H3. The highest BCUT2D eigenvalue weighted by molar-refractivity contribution is 5.86. The van der Waals surface area contributed by atoms with Gasteiger partial charge in [-0.25, -0.2) is 0 Å². The Hall–Kier alpha value is -2.32. The number of nitrogens with one attached hydrogen (secondary N) is 1. The van der Waals surface area contributed by atoms with E-state index in [1.165, 1.54) is 11.1 Å². The molecule has 2 nitrogen and oxygen atoms in total. The van der Waals surface area contributed by atoms with E-state index in [-0.39, 0.29) is 0 Å². The lowest BCUT2D eigenvalue weighted by molar-refractivity contribution is 0.209. The predicted octanol–water partition coefficient (Wildman–Crippen LogP) is 6.19. The van der Waals surface area contributed by atoms with Crippen LogP contribution in [0.15, 0.2) is 60.7 Å². The zero-order chi connectivity index (χ0) is 18.0. The molecule has 3 rings (SSSR count). The third kappa shape index (κ3) is 3.54. The molecule has 1 atom stereocenters. The molecule has 3 aromatic carbocycles. The molecule has 0 aliphatic rings. The van der Waals surface area contributed by atoms with E-state index in [0.717, 1.165) is 22.0 Å². The highest BCUT2D eigenvalue weighted by atomic mass is 16.3. The van der Waals surface area contributed by atoms with E-state index < -0.39 is 6.23 Å². The zero-order valence-electron chi connectivity index (χ0n) is 15.5. The van der Waals surface area contributed by atoms with Crippen LogP contribution in [0.25, 0.3) is 10.8 Å². The number of hydrogen-bond donors (Lipinski definition) is 2. The minimum atomic E-state index is -0.747. The van der Waals surface area contributed by atoms with Crippen LogP contribution >= 0.6 is 0 Å². The molecule has 1 unspecified atom stereocenters. The summed E-state index contributed by atoms with van der Waals surface area (Å²) in [7, 11) is 0. The van der Waals surface area contributed by atoms with Gasteiger partial charge in [0.2, 0.25) is 0 Å². The summed E-state index contributed by atoms with van der Waals surface area (Å²) in [5.41, 5.74) is 4.45. The van der Waals surface area contributed by atoms with Crippen LogP contribution in [-0.2, 0) is 0 Å². The highest BCUT2D eigenvalue weighted by Crippen LogP contribution is 2.35. The lowest BCUT2D eigenvalue weighted by Crippen LogP contribution is -2.14. The number of benzene rings is 3. The van der Waals surface area contributed by atoms with Crippen molar-refractivity contribution in [3.63, 3.8) is 0 Å². The summed E-state index contributed by atoms with van der Waals surface area (Å²) in [6.07, 6.45) is -0.747. The van der Waals surface area contributed by atoms with Gasteiger partial charge >= 0.3 is 0 Å². The summed E-state index contributed by atoms with van der Waals surface area (Å²) in [5.74, 6) is 0.779. The van der Waals surface area contributed by atoms with Gasteiger partial charge in [0.05, 0.1) is 0 Å². The van der Waals surface area contributed by atoms with Gasteiger partial charge in [-0.05, 0) is 33.7 Å². The molecule has 2 heteroatoms. The molecule has 0 aromatic heterocycles. The van der Waals surface area contributed by atoms with E-state index in [1.807, 2.05) is 24.3 Å². The van der Waals surface area contributed by atoms with E-state index >= 15 is 0 Å². The molecule has 0 fully saturated rings. The van der Waals surface area contributed by atoms with Gasteiger partial charge in [0.15, 0.2) is 6.23 Å². The fourth-order valence-corrected chi connectivity index (χ4v) is 3.42. The van der Waals surface area contributed by atoms with Crippen molar-refractivity contribution in [2.24, 2.45) is 0 Å². The lowest BCUT2D eigenvalue weighted by atomic mass is 9.92. The van der Waals surface area contributed by atoms with Crippen LogP contribution < -0.4 is 5.32 Å². The number of anilines is 1. The lowest BCUT2D eigenvalue weighted by Gasteiger charge is -2.24. The summed E-state index contributed by atoms with van der Waals surface area (Å²) < 4.78 is 0. The first-order valence-electron chi connectivity index (χ1n) is 9.04. The van der Waals surface area contributed by atoms with Crippen LogP contribution in [0.3, 0.4) is 0 Å². The van der Waals surface area contributed by atoms with E-state index in [2.05, 4.69) is 69.4 Å². The molecule has 0 saturated heterocycles. The Morgan fingerprint density at radius 2 is 1.20 bits per heavy atom. The van der Waals surface area contributed by atoms with Crippen molar-refractivity contribution in [3.8, 4) is 0 Å². The number of aliphatic hydroxyl groups is 1. The van der Waals surface area contributed by atoms with Crippen LogP contribution in [-0.4, -0.2) is 5.11 Å². The molecule has 0 heterocycles. The van der Waals surface area contributed by atoms with Crippen molar-refractivity contribution in [1.29, 1.82) is 0 Å². The maximum absolute atomic E-state index is 11.0. The Balaban J connectivity index is 2.04. The van der Waals surface area contributed by atoms with Crippen molar-refractivity contribution < 1.29 is 5.11 Å². The molecule has 0 radical (unpaired) electrons. The van der Waals surface area contributed by atoms with Crippen molar-refractivity contribution in [3.05, 3.63) is 77.4 Å². The Morgan fingerprint density at radius 1 is 0.680 bits per heavy atom. The van der Waals surface area contributed by atoms with E-state index in [0.29, 0.717) is 11.8 Å². The summed E-state index contributed by atoms with van der Waals surface area (Å²) in [6, 6.07) is 20.7. The molecule has 0 spiro atoms. The zero-order valence-corrected chi connectivity index (χ0v) is 15.5. The Morgan fingerprint density at radius 3 is 1.84 bits per heavy atom. The van der Waals surface area contributed by atoms with Gasteiger partial charge in [-0.2, -0.15) is 0 Å². The van der Waals surface area contributed by atoms with Gasteiger partial charge in [-0.3, -0.25) is 0 Å². The van der Waals surface area contributed by atoms with Gasteiger partial charge in [-0.15, -0.1) is 0 Å². The normalized spacial score (nSPS) is 12.8. The van der Waals surface area contributed by atoms with Gasteiger partial charge < -0.3 is 10.4 Å². The summed E-state index contributed by atoms with van der Waals surface area (Å²) in [4.78, 5) is 0. The number of para-hydroxylation sites is 1. The maximum Gasteiger partial charge on any atom is 0.151 e. The number of aliphatic hydroxyl groups excluding tert-OH is 1. The second-order valence-electron chi connectivity index (χ2n) is 7.24. The topological polar surface area (TPSA) is 32.3 Å². The number of hydrogen-bond acceptors (Lipinski definition) is 2. The molecule has 0 saturated carbocycles. The van der Waals surface area contributed by atoms with E-state index in [1.54, 1.807) is 0 Å². The first kappa shape index (κ1) is 17.5. The monoisotopic (exact) mass is 333 g/mol. The van der Waals surface area contributed by atoms with Crippen molar-refractivity contribution >= 4 is 16.5 Å². The summed E-state index contributed by atoms with van der Waals surface area (Å²) >= 11 is 0. The smallest absolute Gasteiger partial charge is 0.151 e. The molecule has 0 aliphatic carbocycles. The minimum absolute atomic E-state index is 0.390. The van der Waals surface area contributed by atoms with Crippen LogP contribution in [0, 0.1) is 0 Å². The highest BCUT2D eigenvalue weighted by Gasteiger charge is 2.18. The SMILES string of the molecule is CC(C)c1cccc(C(C)C)c1NC(O)c1cccc2ccccc12. The molecule has 0 amide bonds. The summed E-state index contributed by atoms with van der Waals surface area (Å²) in [5, 5.41) is 16.6. The fourth-order valence-electron chi connectivity index (χ4n) is 3.42. The second kappa shape index (κ2) is 7.28. The number of rotatable bonds is 5. The molecule has 0 aliphatic heterocycles. The maximum atomic E-state index is 11.0. The van der Waals surface area contributed by atoms with Gasteiger partial charge in [0.1, 0.15) is 0 Å². The quantitative estimate of drug-likeness (QED) is 0.546. The third-order valence-corrected chi connectivity index (χ3v) is 4.77. The molecular weight excluding hydrogens is 306 g/mol. The average molecular weight is 333 g/mol. The fraction of sp³-hybridized carbons (Fsp3) is 0.304. The van der Waals surface area contributed by atoms with Crippen LogP contribution in [0.1, 0.15) is 62.4 Å². The molecule has 130 valence electrons. The van der Waals surface area contributed by atoms with Crippen LogP contribution in [0.5, 0.6) is 0 Å².